The molecule has 36 heavy (non-hydrogen) atoms. The van der Waals surface area contributed by atoms with E-state index in [0.717, 1.165) is 48.5 Å². The van der Waals surface area contributed by atoms with Gasteiger partial charge in [-0.15, -0.1) is 5.10 Å². The zero-order valence-corrected chi connectivity index (χ0v) is 20.7. The number of allylic oxidation sites excluding steroid dienone is 2. The average molecular weight is 490 g/mol. The molecule has 0 unspecified atom stereocenters. The van der Waals surface area contributed by atoms with Gasteiger partial charge in [0.2, 0.25) is 17.7 Å². The first-order chi connectivity index (χ1) is 17.6. The summed E-state index contributed by atoms with van der Waals surface area (Å²) in [6.45, 7) is 2.47. The van der Waals surface area contributed by atoms with E-state index in [9.17, 15) is 4.79 Å². The monoisotopic (exact) mass is 489 g/mol. The van der Waals surface area contributed by atoms with Crippen LogP contribution in [0.4, 0.5) is 5.95 Å². The molecule has 2 aromatic rings. The van der Waals surface area contributed by atoms with Crippen molar-refractivity contribution in [3.05, 3.63) is 48.0 Å². The number of rotatable bonds is 5. The van der Waals surface area contributed by atoms with Crippen LogP contribution in [0.1, 0.15) is 37.7 Å². The maximum absolute atomic E-state index is 12.1. The molecule has 2 fully saturated rings. The van der Waals surface area contributed by atoms with E-state index in [-0.39, 0.29) is 5.91 Å². The Labute approximate surface area is 209 Å². The van der Waals surface area contributed by atoms with Gasteiger partial charge in [0.05, 0.1) is 20.3 Å². The second-order valence-corrected chi connectivity index (χ2v) is 9.96. The van der Waals surface area contributed by atoms with Gasteiger partial charge in [0.15, 0.2) is 0 Å². The number of anilines is 1. The Morgan fingerprint density at radius 3 is 2.81 bits per heavy atom. The first-order valence-corrected chi connectivity index (χ1v) is 12.5. The Bertz CT molecular complexity index is 1310. The highest BCUT2D eigenvalue weighted by Crippen LogP contribution is 2.42. The molecule has 10 nitrogen and oxygen atoms in total. The maximum atomic E-state index is 12.1. The summed E-state index contributed by atoms with van der Waals surface area (Å²) in [5.41, 5.74) is 3.87. The highest BCUT2D eigenvalue weighted by atomic mass is 16.5. The van der Waals surface area contributed by atoms with Crippen LogP contribution in [0.3, 0.4) is 0 Å². The normalized spacial score (nSPS) is 21.2. The zero-order chi connectivity index (χ0) is 24.7. The molecule has 1 saturated carbocycles. The third-order valence-corrected chi connectivity index (χ3v) is 7.67. The van der Waals surface area contributed by atoms with Crippen LogP contribution in [-0.2, 0) is 9.53 Å². The Morgan fingerprint density at radius 1 is 1.25 bits per heavy atom. The number of amides is 1. The van der Waals surface area contributed by atoms with Crippen LogP contribution >= 0.6 is 0 Å². The lowest BCUT2D eigenvalue weighted by Gasteiger charge is -2.46. The van der Waals surface area contributed by atoms with E-state index in [1.54, 1.807) is 20.4 Å². The topological polar surface area (TPSA) is 105 Å². The van der Waals surface area contributed by atoms with E-state index in [1.165, 1.54) is 12.8 Å². The lowest BCUT2D eigenvalue weighted by molar-refractivity contribution is -0.131. The van der Waals surface area contributed by atoms with E-state index >= 15 is 0 Å². The number of methoxy groups -OCH3 is 1. The largest absolute Gasteiger partial charge is 0.479 e. The SMILES string of the molecule is CNC(=O)C1=CN=C2C=CC(c3ccn4nc(NC5CCC6(CC5)COC6)nc(OC)c34)=CN2CC1. The summed E-state index contributed by atoms with van der Waals surface area (Å²) < 4.78 is 13.0. The molecule has 10 heteroatoms. The van der Waals surface area contributed by atoms with Crippen LogP contribution in [-0.4, -0.2) is 71.2 Å². The molecular weight excluding hydrogens is 458 g/mol. The van der Waals surface area contributed by atoms with E-state index in [1.807, 2.05) is 28.9 Å². The lowest BCUT2D eigenvalue weighted by Crippen LogP contribution is -2.47. The molecule has 4 aliphatic rings. The molecule has 1 saturated heterocycles. The number of carbonyl (C=O) groups excluding carboxylic acids is 1. The summed E-state index contributed by atoms with van der Waals surface area (Å²) in [6.07, 6.45) is 14.8. The molecular formula is C26H31N7O3. The second kappa shape index (κ2) is 9.09. The van der Waals surface area contributed by atoms with Crippen LogP contribution in [0.25, 0.3) is 11.1 Å². The van der Waals surface area contributed by atoms with Crippen molar-refractivity contribution in [2.75, 3.05) is 39.2 Å². The minimum Gasteiger partial charge on any atom is -0.479 e. The van der Waals surface area contributed by atoms with Crippen molar-refractivity contribution in [3.8, 4) is 5.88 Å². The standard InChI is InChI=1S/C26H31N7O3/c1-27-23(34)17-7-11-32-14-18(3-4-21(32)28-13-17)20-8-12-33-22(20)24(35-2)30-25(31-33)29-19-5-9-26(10-6-19)15-36-16-26/h3-4,8,12-14,19H,5-7,9-11,15-16H2,1-2H3,(H,27,34)(H,29,31). The quantitative estimate of drug-likeness (QED) is 0.665. The van der Waals surface area contributed by atoms with Crippen molar-refractivity contribution >= 4 is 28.8 Å². The van der Waals surface area contributed by atoms with Gasteiger partial charge in [-0.25, -0.2) is 9.51 Å². The third kappa shape index (κ3) is 4.05. The summed E-state index contributed by atoms with van der Waals surface area (Å²) in [5, 5.41) is 11.0. The van der Waals surface area contributed by atoms with Crippen LogP contribution in [0, 0.1) is 5.41 Å². The highest BCUT2D eigenvalue weighted by molar-refractivity contribution is 6.02. The number of fused-ring (bicyclic) bond motifs is 2. The van der Waals surface area contributed by atoms with Crippen molar-refractivity contribution in [2.45, 2.75) is 38.1 Å². The molecule has 3 aliphatic heterocycles. The van der Waals surface area contributed by atoms with Crippen LogP contribution < -0.4 is 15.4 Å². The number of nitrogens with one attached hydrogen (secondary N) is 2. The average Bonchev–Trinajstić information content (AvgIpc) is 3.20. The minimum atomic E-state index is -0.0955. The van der Waals surface area contributed by atoms with Crippen LogP contribution in [0.5, 0.6) is 5.88 Å². The number of amidine groups is 1. The van der Waals surface area contributed by atoms with Gasteiger partial charge >= 0.3 is 0 Å². The molecule has 2 aromatic heterocycles. The Kier molecular flexibility index (Phi) is 5.75. The molecule has 0 bridgehead atoms. The number of hydrogen-bond donors (Lipinski definition) is 2. The number of likely N-dealkylation sites (N-methyl/N-ethyl adjacent to an activating group) is 1. The van der Waals surface area contributed by atoms with Gasteiger partial charge < -0.3 is 25.0 Å². The van der Waals surface area contributed by atoms with Crippen molar-refractivity contribution < 1.29 is 14.3 Å². The zero-order valence-electron chi connectivity index (χ0n) is 20.7. The molecule has 0 atom stereocenters. The number of aromatic nitrogens is 3. The number of hydrogen-bond acceptors (Lipinski definition) is 8. The second-order valence-electron chi connectivity index (χ2n) is 9.96. The summed E-state index contributed by atoms with van der Waals surface area (Å²) in [6, 6.07) is 2.38. The molecule has 5 heterocycles. The van der Waals surface area contributed by atoms with E-state index < -0.39 is 0 Å². The Hall–Kier alpha value is -3.66. The van der Waals surface area contributed by atoms with E-state index in [4.69, 9.17) is 19.6 Å². The molecule has 1 spiro atoms. The van der Waals surface area contributed by atoms with Crippen molar-refractivity contribution in [3.63, 3.8) is 0 Å². The van der Waals surface area contributed by atoms with Crippen LogP contribution in [0.15, 0.2) is 47.4 Å². The molecule has 0 radical (unpaired) electrons. The number of aliphatic imine (C=N–C) groups is 1. The number of ether oxygens (including phenoxy) is 2. The molecule has 188 valence electrons. The summed E-state index contributed by atoms with van der Waals surface area (Å²) in [4.78, 5) is 23.3. The molecule has 2 N–H and O–H groups in total. The highest BCUT2D eigenvalue weighted by Gasteiger charge is 2.41. The molecule has 1 amide bonds. The smallest absolute Gasteiger partial charge is 0.248 e. The fourth-order valence-electron chi connectivity index (χ4n) is 5.44. The fraction of sp³-hybridized carbons (Fsp3) is 0.462. The number of carbonyl (C=O) groups is 1. The fourth-order valence-corrected chi connectivity index (χ4v) is 5.44. The third-order valence-electron chi connectivity index (χ3n) is 7.67. The summed E-state index contributed by atoms with van der Waals surface area (Å²) >= 11 is 0. The van der Waals surface area contributed by atoms with E-state index in [2.05, 4.69) is 26.7 Å². The molecule has 0 aromatic carbocycles. The Balaban J connectivity index is 1.23. The van der Waals surface area contributed by atoms with E-state index in [0.29, 0.717) is 41.8 Å². The van der Waals surface area contributed by atoms with Gasteiger partial charge in [-0.2, -0.15) is 4.98 Å². The van der Waals surface area contributed by atoms with Gasteiger partial charge in [0.25, 0.3) is 0 Å². The van der Waals surface area contributed by atoms with Gasteiger partial charge in [-0.3, -0.25) is 4.79 Å². The maximum Gasteiger partial charge on any atom is 0.248 e. The van der Waals surface area contributed by atoms with Gasteiger partial charge in [0, 0.05) is 60.4 Å². The van der Waals surface area contributed by atoms with Crippen LogP contribution in [0.2, 0.25) is 0 Å². The lowest BCUT2D eigenvalue weighted by atomic mass is 9.71. The van der Waals surface area contributed by atoms with Gasteiger partial charge in [-0.05, 0) is 50.3 Å². The summed E-state index contributed by atoms with van der Waals surface area (Å²) in [5.74, 6) is 1.82. The predicted molar refractivity (Wildman–Crippen MR) is 137 cm³/mol. The summed E-state index contributed by atoms with van der Waals surface area (Å²) in [7, 11) is 3.27. The molecule has 1 aliphatic carbocycles. The van der Waals surface area contributed by atoms with Crippen molar-refractivity contribution in [1.82, 2.24) is 24.8 Å². The van der Waals surface area contributed by atoms with Gasteiger partial charge in [-0.1, -0.05) is 0 Å². The predicted octanol–water partition coefficient (Wildman–Crippen LogP) is 2.75. The molecule has 6 rings (SSSR count). The first kappa shape index (κ1) is 22.8. The minimum absolute atomic E-state index is 0.0955. The van der Waals surface area contributed by atoms with Gasteiger partial charge in [0.1, 0.15) is 11.4 Å². The number of nitrogens with zero attached hydrogens (tertiary/aromatic N) is 5. The Morgan fingerprint density at radius 2 is 2.08 bits per heavy atom. The van der Waals surface area contributed by atoms with Crippen molar-refractivity contribution in [2.24, 2.45) is 10.4 Å². The van der Waals surface area contributed by atoms with Crippen molar-refractivity contribution in [1.29, 1.82) is 0 Å². The first-order valence-electron chi connectivity index (χ1n) is 12.5.